The Bertz CT molecular complexity index is 1010. The van der Waals surface area contributed by atoms with Gasteiger partial charge in [0, 0.05) is 30.6 Å². The van der Waals surface area contributed by atoms with Crippen LogP contribution in [0.15, 0.2) is 41.1 Å². The van der Waals surface area contributed by atoms with E-state index < -0.39 is 10.9 Å². The quantitative estimate of drug-likeness (QED) is 0.331. The smallest absolute Gasteiger partial charge is 0.340 e. The average Bonchev–Trinajstić information content (AvgIpc) is 3.44. The predicted molar refractivity (Wildman–Crippen MR) is 111 cm³/mol. The Hall–Kier alpha value is -2.82. The minimum atomic E-state index is -0.610. The van der Waals surface area contributed by atoms with Crippen LogP contribution < -0.4 is 4.90 Å². The lowest BCUT2D eigenvalue weighted by Gasteiger charge is -2.30. The van der Waals surface area contributed by atoms with Crippen molar-refractivity contribution in [1.29, 1.82) is 0 Å². The van der Waals surface area contributed by atoms with Crippen LogP contribution in [0.5, 0.6) is 0 Å². The number of benzene rings is 1. The van der Waals surface area contributed by atoms with E-state index in [1.165, 1.54) is 23.5 Å². The molecule has 0 radical (unpaired) electrons. The minimum absolute atomic E-state index is 0.00590. The highest BCUT2D eigenvalue weighted by atomic mass is 32.1. The number of carbonyl (C=O) groups is 1. The number of nitro groups is 1. The van der Waals surface area contributed by atoms with Crippen molar-refractivity contribution < 1.29 is 19.2 Å². The zero-order valence-electron chi connectivity index (χ0n) is 15.3. The molecule has 1 aromatic carbocycles. The number of carbonyl (C=O) groups excluding carboxylic acids is 1. The SMILES string of the molecule is O=C(OCc1csc(-c2cccs2)n1)c1cc([N+](=O)[O-])ccc1N1CCOCC1. The van der Waals surface area contributed by atoms with Crippen molar-refractivity contribution in [3.05, 3.63) is 62.5 Å². The van der Waals surface area contributed by atoms with Crippen molar-refractivity contribution in [3.63, 3.8) is 0 Å². The van der Waals surface area contributed by atoms with Crippen molar-refractivity contribution in [2.24, 2.45) is 0 Å². The number of rotatable bonds is 6. The molecule has 1 aliphatic rings. The Morgan fingerprint density at radius 2 is 2.10 bits per heavy atom. The summed E-state index contributed by atoms with van der Waals surface area (Å²) in [6.45, 7) is 2.29. The number of morpholine rings is 1. The molecule has 1 fully saturated rings. The summed E-state index contributed by atoms with van der Waals surface area (Å²) in [5, 5.41) is 15.9. The molecule has 0 aliphatic carbocycles. The topological polar surface area (TPSA) is 94.8 Å². The molecule has 0 amide bonds. The molecule has 150 valence electrons. The molecule has 0 spiro atoms. The first-order chi connectivity index (χ1) is 14.1. The van der Waals surface area contributed by atoms with Gasteiger partial charge < -0.3 is 14.4 Å². The molecule has 29 heavy (non-hydrogen) atoms. The molecule has 1 aliphatic heterocycles. The van der Waals surface area contributed by atoms with Gasteiger partial charge in [0.05, 0.1) is 40.0 Å². The fraction of sp³-hybridized carbons (Fsp3) is 0.263. The maximum absolute atomic E-state index is 12.8. The molecular formula is C19H17N3O5S2. The number of non-ortho nitro benzene ring substituents is 1. The van der Waals surface area contributed by atoms with Gasteiger partial charge in [0.15, 0.2) is 0 Å². The van der Waals surface area contributed by atoms with Crippen molar-refractivity contribution in [2.45, 2.75) is 6.61 Å². The molecule has 10 heteroatoms. The van der Waals surface area contributed by atoms with E-state index in [0.717, 1.165) is 9.88 Å². The van der Waals surface area contributed by atoms with Gasteiger partial charge in [-0.2, -0.15) is 0 Å². The van der Waals surface area contributed by atoms with Crippen LogP contribution in [0.25, 0.3) is 9.88 Å². The third-order valence-electron chi connectivity index (χ3n) is 4.40. The molecule has 3 heterocycles. The molecule has 1 saturated heterocycles. The van der Waals surface area contributed by atoms with Crippen LogP contribution in [-0.2, 0) is 16.1 Å². The molecule has 2 aromatic heterocycles. The standard InChI is InChI=1S/C19H17N3O5S2/c23-19(27-11-13-12-29-18(20-13)17-2-1-9-28-17)15-10-14(22(24)25)3-4-16(15)21-5-7-26-8-6-21/h1-4,9-10,12H,5-8,11H2. The summed E-state index contributed by atoms with van der Waals surface area (Å²) < 4.78 is 10.8. The van der Waals surface area contributed by atoms with Crippen LogP contribution in [0.1, 0.15) is 16.1 Å². The number of thiophene rings is 1. The van der Waals surface area contributed by atoms with E-state index in [1.807, 2.05) is 27.8 Å². The summed E-state index contributed by atoms with van der Waals surface area (Å²) in [5.41, 5.74) is 1.28. The molecule has 8 nitrogen and oxygen atoms in total. The summed E-state index contributed by atoms with van der Waals surface area (Å²) >= 11 is 3.08. The number of anilines is 1. The highest BCUT2D eigenvalue weighted by Gasteiger charge is 2.23. The van der Waals surface area contributed by atoms with Crippen LogP contribution in [0, 0.1) is 10.1 Å². The van der Waals surface area contributed by atoms with Crippen LogP contribution in [0.3, 0.4) is 0 Å². The third-order valence-corrected chi connectivity index (χ3v) is 6.33. The predicted octanol–water partition coefficient (Wildman–Crippen LogP) is 3.97. The minimum Gasteiger partial charge on any atom is -0.455 e. The Kier molecular flexibility index (Phi) is 5.84. The highest BCUT2D eigenvalue weighted by molar-refractivity contribution is 7.20. The molecule has 4 rings (SSSR count). The van der Waals surface area contributed by atoms with Gasteiger partial charge in [0.25, 0.3) is 5.69 Å². The van der Waals surface area contributed by atoms with Crippen LogP contribution in [-0.4, -0.2) is 42.2 Å². The lowest BCUT2D eigenvalue weighted by molar-refractivity contribution is -0.384. The van der Waals surface area contributed by atoms with Gasteiger partial charge in [-0.05, 0) is 17.5 Å². The summed E-state index contributed by atoms with van der Waals surface area (Å²) in [5.74, 6) is -0.610. The largest absolute Gasteiger partial charge is 0.455 e. The van der Waals surface area contributed by atoms with Gasteiger partial charge >= 0.3 is 5.97 Å². The molecule has 0 N–H and O–H groups in total. The summed E-state index contributed by atoms with van der Waals surface area (Å²) in [4.78, 5) is 30.9. The van der Waals surface area contributed by atoms with Crippen molar-refractivity contribution >= 4 is 40.0 Å². The highest BCUT2D eigenvalue weighted by Crippen LogP contribution is 2.29. The number of thiazole rings is 1. The summed E-state index contributed by atoms with van der Waals surface area (Å²) in [6, 6.07) is 8.20. The lowest BCUT2D eigenvalue weighted by atomic mass is 10.1. The van der Waals surface area contributed by atoms with Gasteiger partial charge in [-0.1, -0.05) is 6.07 Å². The first-order valence-corrected chi connectivity index (χ1v) is 10.6. The van der Waals surface area contributed by atoms with Gasteiger partial charge in [-0.25, -0.2) is 9.78 Å². The van der Waals surface area contributed by atoms with Crippen molar-refractivity contribution in [3.8, 4) is 9.88 Å². The van der Waals surface area contributed by atoms with Gasteiger partial charge in [0.1, 0.15) is 11.6 Å². The Labute approximate surface area is 174 Å². The van der Waals surface area contributed by atoms with E-state index >= 15 is 0 Å². The fourth-order valence-corrected chi connectivity index (χ4v) is 4.60. The molecule has 0 unspecified atom stereocenters. The number of nitrogens with zero attached hydrogens (tertiary/aromatic N) is 3. The number of aromatic nitrogens is 1. The summed E-state index contributed by atoms with van der Waals surface area (Å²) in [6.07, 6.45) is 0. The monoisotopic (exact) mass is 431 g/mol. The normalized spacial score (nSPS) is 14.0. The van der Waals surface area contributed by atoms with E-state index in [0.29, 0.717) is 37.7 Å². The maximum atomic E-state index is 12.8. The van der Waals surface area contributed by atoms with E-state index in [1.54, 1.807) is 17.4 Å². The number of hydrogen-bond acceptors (Lipinski definition) is 9. The number of nitro benzene ring substituents is 1. The summed E-state index contributed by atoms with van der Waals surface area (Å²) in [7, 11) is 0. The molecule has 3 aromatic rings. The van der Waals surface area contributed by atoms with Crippen LogP contribution in [0.4, 0.5) is 11.4 Å². The first kappa shape index (κ1) is 19.5. The fourth-order valence-electron chi connectivity index (χ4n) is 2.99. The number of esters is 1. The zero-order valence-corrected chi connectivity index (χ0v) is 16.9. The maximum Gasteiger partial charge on any atom is 0.340 e. The Morgan fingerprint density at radius 1 is 1.28 bits per heavy atom. The zero-order chi connectivity index (χ0) is 20.2. The van der Waals surface area contributed by atoms with Crippen molar-refractivity contribution in [1.82, 2.24) is 4.98 Å². The third kappa shape index (κ3) is 4.44. The first-order valence-electron chi connectivity index (χ1n) is 8.88. The van der Waals surface area contributed by atoms with Gasteiger partial charge in [-0.3, -0.25) is 10.1 Å². The van der Waals surface area contributed by atoms with Crippen LogP contribution in [0.2, 0.25) is 0 Å². The second-order valence-corrected chi connectivity index (χ2v) is 8.06. The van der Waals surface area contributed by atoms with Gasteiger partial charge in [-0.15, -0.1) is 22.7 Å². The average molecular weight is 431 g/mol. The molecular weight excluding hydrogens is 414 g/mol. The van der Waals surface area contributed by atoms with E-state index in [9.17, 15) is 14.9 Å². The molecule has 0 saturated carbocycles. The van der Waals surface area contributed by atoms with Gasteiger partial charge in [0.2, 0.25) is 0 Å². The second-order valence-electron chi connectivity index (χ2n) is 6.26. The lowest BCUT2D eigenvalue weighted by Crippen LogP contribution is -2.37. The van der Waals surface area contributed by atoms with Crippen molar-refractivity contribution in [2.75, 3.05) is 31.2 Å². The van der Waals surface area contributed by atoms with Crippen LogP contribution >= 0.6 is 22.7 Å². The second kappa shape index (κ2) is 8.68. The number of ether oxygens (including phenoxy) is 2. The molecule has 0 atom stereocenters. The Morgan fingerprint density at radius 3 is 2.83 bits per heavy atom. The van der Waals surface area contributed by atoms with E-state index in [2.05, 4.69) is 4.98 Å². The Balaban J connectivity index is 1.52. The van der Waals surface area contributed by atoms with E-state index in [4.69, 9.17) is 9.47 Å². The number of hydrogen-bond donors (Lipinski definition) is 0. The van der Waals surface area contributed by atoms with E-state index in [-0.39, 0.29) is 17.9 Å². The molecule has 0 bridgehead atoms.